The number of nitrogens with one attached hydrogen (secondary N) is 1. The highest BCUT2D eigenvalue weighted by Crippen LogP contribution is 2.22. The Labute approximate surface area is 187 Å². The van der Waals surface area contributed by atoms with Gasteiger partial charge in [0, 0.05) is 18.8 Å². The minimum Gasteiger partial charge on any atom is -0.306 e. The molecule has 8 nitrogen and oxygen atoms in total. The number of hydrogen-bond acceptors (Lipinski definition) is 5. The van der Waals surface area contributed by atoms with Crippen LogP contribution in [0.25, 0.3) is 27.7 Å². The lowest BCUT2D eigenvalue weighted by atomic mass is 10.2. The van der Waals surface area contributed by atoms with Gasteiger partial charge in [0.15, 0.2) is 5.16 Å². The van der Waals surface area contributed by atoms with Crippen molar-refractivity contribution in [1.82, 2.24) is 28.7 Å². The average molecular weight is 449 g/mol. The standard InChI is InChI=1S/C23H24N6O2S/c1-2-3-13-28-20(30)16-9-4-6-11-18(16)29-21(28)25-26-23(29)32-15-8-14-27-19-12-7-5-10-17(19)24-22(27)31/h4-7,9-12H,2-3,8,13-15H2,1H3,(H,24,31). The van der Waals surface area contributed by atoms with Gasteiger partial charge in [-0.1, -0.05) is 49.4 Å². The number of aryl methyl sites for hydroxylation is 2. The van der Waals surface area contributed by atoms with Crippen molar-refractivity contribution >= 4 is 39.5 Å². The molecule has 0 spiro atoms. The molecule has 2 aromatic carbocycles. The third-order valence-electron chi connectivity index (χ3n) is 5.65. The number of aromatic nitrogens is 6. The Bertz CT molecular complexity index is 1530. The lowest BCUT2D eigenvalue weighted by molar-refractivity contribution is 0.620. The zero-order chi connectivity index (χ0) is 22.1. The van der Waals surface area contributed by atoms with E-state index in [4.69, 9.17) is 0 Å². The van der Waals surface area contributed by atoms with Gasteiger partial charge >= 0.3 is 5.69 Å². The number of benzene rings is 2. The Kier molecular flexibility index (Phi) is 5.57. The molecule has 5 rings (SSSR count). The summed E-state index contributed by atoms with van der Waals surface area (Å²) in [5, 5.41) is 10.2. The van der Waals surface area contributed by atoms with Crippen LogP contribution in [-0.4, -0.2) is 34.5 Å². The fourth-order valence-electron chi connectivity index (χ4n) is 4.06. The summed E-state index contributed by atoms with van der Waals surface area (Å²) in [6, 6.07) is 15.3. The lowest BCUT2D eigenvalue weighted by Crippen LogP contribution is -2.23. The predicted octanol–water partition coefficient (Wildman–Crippen LogP) is 3.67. The predicted molar refractivity (Wildman–Crippen MR) is 128 cm³/mol. The molecule has 5 aromatic rings. The van der Waals surface area contributed by atoms with E-state index in [1.165, 1.54) is 0 Å². The highest BCUT2D eigenvalue weighted by molar-refractivity contribution is 7.99. The van der Waals surface area contributed by atoms with E-state index in [2.05, 4.69) is 22.1 Å². The molecule has 3 heterocycles. The molecule has 0 atom stereocenters. The van der Waals surface area contributed by atoms with Crippen molar-refractivity contribution in [2.75, 3.05) is 5.75 Å². The van der Waals surface area contributed by atoms with Crippen molar-refractivity contribution in [1.29, 1.82) is 0 Å². The molecule has 0 aliphatic carbocycles. The van der Waals surface area contributed by atoms with E-state index >= 15 is 0 Å². The van der Waals surface area contributed by atoms with Gasteiger partial charge in [-0.05, 0) is 37.1 Å². The molecule has 0 aliphatic heterocycles. The minimum absolute atomic E-state index is 0.0239. The second-order valence-corrected chi connectivity index (χ2v) is 8.81. The van der Waals surface area contributed by atoms with E-state index in [1.807, 2.05) is 52.9 Å². The Morgan fingerprint density at radius 1 is 0.906 bits per heavy atom. The van der Waals surface area contributed by atoms with Crippen LogP contribution in [0.2, 0.25) is 0 Å². The third kappa shape index (κ3) is 3.52. The Morgan fingerprint density at radius 2 is 1.66 bits per heavy atom. The van der Waals surface area contributed by atoms with Gasteiger partial charge < -0.3 is 4.98 Å². The molecule has 0 bridgehead atoms. The first-order chi connectivity index (χ1) is 15.7. The van der Waals surface area contributed by atoms with Crippen LogP contribution in [0.3, 0.4) is 0 Å². The summed E-state index contributed by atoms with van der Waals surface area (Å²) < 4.78 is 5.49. The number of fused-ring (bicyclic) bond motifs is 4. The van der Waals surface area contributed by atoms with Crippen LogP contribution in [0.1, 0.15) is 26.2 Å². The number of para-hydroxylation sites is 3. The molecule has 0 saturated heterocycles. The van der Waals surface area contributed by atoms with Gasteiger partial charge in [0.05, 0.1) is 21.9 Å². The van der Waals surface area contributed by atoms with Gasteiger partial charge in [-0.15, -0.1) is 10.2 Å². The first-order valence-electron chi connectivity index (χ1n) is 10.9. The lowest BCUT2D eigenvalue weighted by Gasteiger charge is -2.10. The van der Waals surface area contributed by atoms with Crippen molar-refractivity contribution in [2.24, 2.45) is 0 Å². The van der Waals surface area contributed by atoms with Crippen LogP contribution in [0.5, 0.6) is 0 Å². The molecule has 0 fully saturated rings. The van der Waals surface area contributed by atoms with Gasteiger partial charge in [-0.2, -0.15) is 0 Å². The Hall–Kier alpha value is -3.33. The van der Waals surface area contributed by atoms with Gasteiger partial charge in [0.2, 0.25) is 5.78 Å². The number of H-pyrrole nitrogens is 1. The fraction of sp³-hybridized carbons (Fsp3) is 0.304. The van der Waals surface area contributed by atoms with Crippen LogP contribution in [0.15, 0.2) is 63.3 Å². The SMILES string of the molecule is CCCCn1c(=O)c2ccccc2n2c(SCCCn3c(=O)[nH]c4ccccc43)nnc12. The molecular weight excluding hydrogens is 424 g/mol. The largest absolute Gasteiger partial charge is 0.326 e. The maximum absolute atomic E-state index is 13.0. The van der Waals surface area contributed by atoms with Gasteiger partial charge in [-0.25, -0.2) is 4.79 Å². The zero-order valence-corrected chi connectivity index (χ0v) is 18.6. The van der Waals surface area contributed by atoms with Crippen molar-refractivity contribution in [3.8, 4) is 0 Å². The molecule has 0 aliphatic rings. The van der Waals surface area contributed by atoms with E-state index in [1.54, 1.807) is 20.9 Å². The molecule has 0 amide bonds. The molecule has 9 heteroatoms. The molecule has 1 N–H and O–H groups in total. The smallest absolute Gasteiger partial charge is 0.306 e. The van der Waals surface area contributed by atoms with Crippen LogP contribution in [0, 0.1) is 0 Å². The highest BCUT2D eigenvalue weighted by Gasteiger charge is 2.16. The number of nitrogens with zero attached hydrogens (tertiary/aromatic N) is 5. The fourth-order valence-corrected chi connectivity index (χ4v) is 4.92. The van der Waals surface area contributed by atoms with E-state index in [0.29, 0.717) is 24.3 Å². The molecule has 0 unspecified atom stereocenters. The number of rotatable bonds is 8. The number of hydrogen-bond donors (Lipinski definition) is 1. The van der Waals surface area contributed by atoms with E-state index in [-0.39, 0.29) is 11.2 Å². The monoisotopic (exact) mass is 448 g/mol. The van der Waals surface area contributed by atoms with E-state index in [9.17, 15) is 9.59 Å². The summed E-state index contributed by atoms with van der Waals surface area (Å²) in [6.45, 7) is 3.35. The molecule has 3 aromatic heterocycles. The summed E-state index contributed by atoms with van der Waals surface area (Å²) in [7, 11) is 0. The maximum atomic E-state index is 13.0. The van der Waals surface area contributed by atoms with Crippen LogP contribution >= 0.6 is 11.8 Å². The third-order valence-corrected chi connectivity index (χ3v) is 6.67. The van der Waals surface area contributed by atoms with Crippen molar-refractivity contribution in [3.05, 3.63) is 69.4 Å². The first kappa shape index (κ1) is 20.6. The quantitative estimate of drug-likeness (QED) is 0.289. The normalized spacial score (nSPS) is 11.8. The number of thioether (sulfide) groups is 1. The average Bonchev–Trinajstić information content (AvgIpc) is 3.37. The van der Waals surface area contributed by atoms with Crippen LogP contribution < -0.4 is 11.2 Å². The van der Waals surface area contributed by atoms with Gasteiger partial charge in [0.25, 0.3) is 5.56 Å². The number of unbranched alkanes of at least 4 members (excludes halogenated alkanes) is 1. The zero-order valence-electron chi connectivity index (χ0n) is 17.8. The number of imidazole rings is 1. The molecule has 32 heavy (non-hydrogen) atoms. The van der Waals surface area contributed by atoms with Crippen LogP contribution in [-0.2, 0) is 13.1 Å². The number of aromatic amines is 1. The van der Waals surface area contributed by atoms with Crippen molar-refractivity contribution in [2.45, 2.75) is 44.4 Å². The van der Waals surface area contributed by atoms with E-state index < -0.39 is 0 Å². The van der Waals surface area contributed by atoms with Gasteiger partial charge in [0.1, 0.15) is 0 Å². The maximum Gasteiger partial charge on any atom is 0.326 e. The summed E-state index contributed by atoms with van der Waals surface area (Å²) in [4.78, 5) is 28.2. The van der Waals surface area contributed by atoms with Crippen molar-refractivity contribution < 1.29 is 0 Å². The molecule has 0 saturated carbocycles. The van der Waals surface area contributed by atoms with Crippen LogP contribution in [0.4, 0.5) is 0 Å². The summed E-state index contributed by atoms with van der Waals surface area (Å²) in [6.07, 6.45) is 2.70. The second kappa shape index (κ2) is 8.66. The molecule has 0 radical (unpaired) electrons. The summed E-state index contributed by atoms with van der Waals surface area (Å²) in [5.74, 6) is 1.35. The Balaban J connectivity index is 1.42. The highest BCUT2D eigenvalue weighted by atomic mass is 32.2. The summed E-state index contributed by atoms with van der Waals surface area (Å²) in [5.41, 5.74) is 2.48. The minimum atomic E-state index is -0.0879. The Morgan fingerprint density at radius 3 is 2.50 bits per heavy atom. The topological polar surface area (TPSA) is 90.0 Å². The van der Waals surface area contributed by atoms with Gasteiger partial charge in [-0.3, -0.25) is 18.3 Å². The molecular formula is C23H24N6O2S. The summed E-state index contributed by atoms with van der Waals surface area (Å²) >= 11 is 1.59. The van der Waals surface area contributed by atoms with E-state index in [0.717, 1.165) is 46.7 Å². The second-order valence-electron chi connectivity index (χ2n) is 7.75. The van der Waals surface area contributed by atoms with Crippen molar-refractivity contribution in [3.63, 3.8) is 0 Å². The molecule has 164 valence electrons. The first-order valence-corrected chi connectivity index (χ1v) is 11.8.